The van der Waals surface area contributed by atoms with E-state index in [1.807, 2.05) is 48.5 Å². The minimum absolute atomic E-state index is 0.698. The van der Waals surface area contributed by atoms with E-state index in [4.69, 9.17) is 11.6 Å². The van der Waals surface area contributed by atoms with Crippen molar-refractivity contribution < 1.29 is 5.11 Å². The van der Waals surface area contributed by atoms with E-state index in [0.717, 1.165) is 16.7 Å². The molecule has 88 valence electrons. The zero-order valence-corrected chi connectivity index (χ0v) is 10.7. The summed E-state index contributed by atoms with van der Waals surface area (Å²) in [5, 5.41) is 10.9. The van der Waals surface area contributed by atoms with Gasteiger partial charge >= 0.3 is 0 Å². The van der Waals surface area contributed by atoms with Gasteiger partial charge in [-0.1, -0.05) is 54.1 Å². The van der Waals surface area contributed by atoms with Gasteiger partial charge in [0.25, 0.3) is 0 Å². The molecule has 0 spiro atoms. The van der Waals surface area contributed by atoms with Crippen LogP contribution >= 0.6 is 11.6 Å². The summed E-state index contributed by atoms with van der Waals surface area (Å²) in [6.07, 6.45) is 0. The number of hydrogen-bond acceptors (Lipinski definition) is 1. The van der Waals surface area contributed by atoms with Crippen LogP contribution in [0.5, 0.6) is 0 Å². The molecular formula is C15H15ClO. The van der Waals surface area contributed by atoms with Crippen molar-refractivity contribution in [2.45, 2.75) is 19.4 Å². The third-order valence-corrected chi connectivity index (χ3v) is 3.08. The molecule has 0 heterocycles. The number of rotatable bonds is 2. The summed E-state index contributed by atoms with van der Waals surface area (Å²) in [6.45, 7) is 3.56. The zero-order chi connectivity index (χ0) is 12.5. The van der Waals surface area contributed by atoms with Crippen LogP contribution in [0.4, 0.5) is 0 Å². The minimum Gasteiger partial charge on any atom is -0.386 e. The monoisotopic (exact) mass is 246 g/mol. The molecule has 0 unspecified atom stereocenters. The van der Waals surface area contributed by atoms with Crippen LogP contribution in [-0.2, 0) is 5.60 Å². The van der Waals surface area contributed by atoms with Gasteiger partial charge in [-0.15, -0.1) is 0 Å². The fraction of sp³-hybridized carbons (Fsp3) is 0.200. The summed E-state index contributed by atoms with van der Waals surface area (Å²) in [6, 6.07) is 15.5. The smallest absolute Gasteiger partial charge is 0.0846 e. The lowest BCUT2D eigenvalue weighted by molar-refractivity contribution is 0.0792. The Balaban J connectivity index is 2.65. The normalized spacial score (nSPS) is 11.5. The second kappa shape index (κ2) is 4.52. The molecule has 1 nitrogen and oxygen atoms in total. The summed E-state index contributed by atoms with van der Waals surface area (Å²) in [5.74, 6) is 0. The Bertz CT molecular complexity index is 526. The van der Waals surface area contributed by atoms with Gasteiger partial charge in [0.2, 0.25) is 0 Å². The molecule has 2 rings (SSSR count). The number of benzene rings is 2. The van der Waals surface area contributed by atoms with Crippen LogP contribution in [0.1, 0.15) is 19.4 Å². The van der Waals surface area contributed by atoms with Crippen LogP contribution < -0.4 is 0 Å². The highest BCUT2D eigenvalue weighted by Gasteiger charge is 2.20. The predicted octanol–water partition coefficient (Wildman–Crippen LogP) is 4.23. The Morgan fingerprint density at radius 3 is 2.00 bits per heavy atom. The SMILES string of the molecule is CC(C)(O)c1ccccc1-c1ccccc1Cl. The van der Waals surface area contributed by atoms with Crippen molar-refractivity contribution in [1.29, 1.82) is 0 Å². The van der Waals surface area contributed by atoms with Gasteiger partial charge in [0, 0.05) is 10.6 Å². The van der Waals surface area contributed by atoms with E-state index in [1.54, 1.807) is 13.8 Å². The molecule has 2 aromatic rings. The third kappa shape index (κ3) is 2.51. The Labute approximate surface area is 107 Å². The third-order valence-electron chi connectivity index (χ3n) is 2.75. The number of aliphatic hydroxyl groups is 1. The fourth-order valence-corrected chi connectivity index (χ4v) is 2.17. The Morgan fingerprint density at radius 1 is 0.882 bits per heavy atom. The molecule has 17 heavy (non-hydrogen) atoms. The van der Waals surface area contributed by atoms with Gasteiger partial charge in [-0.3, -0.25) is 0 Å². The van der Waals surface area contributed by atoms with E-state index in [2.05, 4.69) is 0 Å². The van der Waals surface area contributed by atoms with Crippen LogP contribution in [0, 0.1) is 0 Å². The quantitative estimate of drug-likeness (QED) is 0.841. The van der Waals surface area contributed by atoms with Crippen molar-refractivity contribution >= 4 is 11.6 Å². The molecule has 2 aromatic carbocycles. The lowest BCUT2D eigenvalue weighted by Crippen LogP contribution is -2.16. The maximum absolute atomic E-state index is 10.2. The molecule has 0 aromatic heterocycles. The summed E-state index contributed by atoms with van der Waals surface area (Å²) in [7, 11) is 0. The standard InChI is InChI=1S/C15H15ClO/c1-15(2,17)13-9-5-3-7-11(13)12-8-4-6-10-14(12)16/h3-10,17H,1-2H3. The first-order valence-electron chi connectivity index (χ1n) is 5.57. The molecule has 0 fully saturated rings. The second-order valence-corrected chi connectivity index (χ2v) is 4.99. The van der Waals surface area contributed by atoms with Gasteiger partial charge in [0.1, 0.15) is 0 Å². The van der Waals surface area contributed by atoms with Crippen molar-refractivity contribution in [2.75, 3.05) is 0 Å². The molecular weight excluding hydrogens is 232 g/mol. The molecule has 0 atom stereocenters. The maximum atomic E-state index is 10.2. The highest BCUT2D eigenvalue weighted by atomic mass is 35.5. The van der Waals surface area contributed by atoms with Crippen molar-refractivity contribution in [1.82, 2.24) is 0 Å². The topological polar surface area (TPSA) is 20.2 Å². The summed E-state index contributed by atoms with van der Waals surface area (Å²) in [5.41, 5.74) is 1.93. The average molecular weight is 247 g/mol. The summed E-state index contributed by atoms with van der Waals surface area (Å²) >= 11 is 6.20. The summed E-state index contributed by atoms with van der Waals surface area (Å²) < 4.78 is 0. The molecule has 1 N–H and O–H groups in total. The van der Waals surface area contributed by atoms with Crippen LogP contribution in [0.15, 0.2) is 48.5 Å². The van der Waals surface area contributed by atoms with Crippen molar-refractivity contribution in [2.24, 2.45) is 0 Å². The van der Waals surface area contributed by atoms with E-state index in [0.29, 0.717) is 5.02 Å². The lowest BCUT2D eigenvalue weighted by atomic mass is 9.90. The highest BCUT2D eigenvalue weighted by molar-refractivity contribution is 6.33. The van der Waals surface area contributed by atoms with Gasteiger partial charge in [0.05, 0.1) is 5.60 Å². The van der Waals surface area contributed by atoms with Gasteiger partial charge in [-0.2, -0.15) is 0 Å². The molecule has 0 saturated heterocycles. The van der Waals surface area contributed by atoms with Crippen molar-refractivity contribution in [3.05, 3.63) is 59.1 Å². The lowest BCUT2D eigenvalue weighted by Gasteiger charge is -2.22. The molecule has 0 radical (unpaired) electrons. The van der Waals surface area contributed by atoms with Gasteiger partial charge in [0.15, 0.2) is 0 Å². The van der Waals surface area contributed by atoms with E-state index in [9.17, 15) is 5.11 Å². The van der Waals surface area contributed by atoms with Crippen LogP contribution in [0.2, 0.25) is 5.02 Å². The molecule has 0 aliphatic heterocycles. The maximum Gasteiger partial charge on any atom is 0.0846 e. The predicted molar refractivity (Wildman–Crippen MR) is 72.1 cm³/mol. The van der Waals surface area contributed by atoms with Crippen LogP contribution in [0.25, 0.3) is 11.1 Å². The van der Waals surface area contributed by atoms with Crippen LogP contribution in [0.3, 0.4) is 0 Å². The summed E-state index contributed by atoms with van der Waals surface area (Å²) in [4.78, 5) is 0. The molecule has 0 aliphatic carbocycles. The van der Waals surface area contributed by atoms with E-state index in [1.165, 1.54) is 0 Å². The first-order chi connectivity index (χ1) is 8.00. The number of halogens is 1. The minimum atomic E-state index is -0.879. The van der Waals surface area contributed by atoms with E-state index in [-0.39, 0.29) is 0 Å². The molecule has 0 saturated carbocycles. The van der Waals surface area contributed by atoms with Crippen LogP contribution in [-0.4, -0.2) is 5.11 Å². The van der Waals surface area contributed by atoms with E-state index < -0.39 is 5.60 Å². The molecule has 0 bridgehead atoms. The first kappa shape index (κ1) is 12.2. The van der Waals surface area contributed by atoms with Crippen molar-refractivity contribution in [3.63, 3.8) is 0 Å². The van der Waals surface area contributed by atoms with Crippen molar-refractivity contribution in [3.8, 4) is 11.1 Å². The molecule has 2 heteroatoms. The van der Waals surface area contributed by atoms with Gasteiger partial charge in [-0.05, 0) is 31.0 Å². The average Bonchev–Trinajstić information content (AvgIpc) is 2.28. The first-order valence-corrected chi connectivity index (χ1v) is 5.95. The van der Waals surface area contributed by atoms with Gasteiger partial charge < -0.3 is 5.11 Å². The highest BCUT2D eigenvalue weighted by Crippen LogP contribution is 2.34. The Morgan fingerprint density at radius 2 is 1.41 bits per heavy atom. The second-order valence-electron chi connectivity index (χ2n) is 4.58. The zero-order valence-electron chi connectivity index (χ0n) is 9.94. The Kier molecular flexibility index (Phi) is 3.23. The molecule has 0 amide bonds. The Hall–Kier alpha value is -1.31. The largest absolute Gasteiger partial charge is 0.386 e. The molecule has 0 aliphatic rings. The van der Waals surface area contributed by atoms with E-state index >= 15 is 0 Å². The fourth-order valence-electron chi connectivity index (χ4n) is 1.93. The number of hydrogen-bond donors (Lipinski definition) is 1. The van der Waals surface area contributed by atoms with Gasteiger partial charge in [-0.25, -0.2) is 0 Å².